The zero-order chi connectivity index (χ0) is 71.1. The summed E-state index contributed by atoms with van der Waals surface area (Å²) in [5, 5.41) is 40.8. The van der Waals surface area contributed by atoms with Gasteiger partial charge in [0.2, 0.25) is 0 Å². The molecule has 534 valence electrons. The first-order valence-electron chi connectivity index (χ1n) is 36.7. The van der Waals surface area contributed by atoms with Crippen LogP contribution in [0, 0.1) is 6.92 Å². The highest BCUT2D eigenvalue weighted by Crippen LogP contribution is 2.50. The van der Waals surface area contributed by atoms with Crippen LogP contribution in [0.3, 0.4) is 0 Å². The molecule has 8 aromatic rings. The third-order valence-electron chi connectivity index (χ3n) is 21.3. The summed E-state index contributed by atoms with van der Waals surface area (Å²) >= 11 is 0. The van der Waals surface area contributed by atoms with E-state index in [1.54, 1.807) is 18.2 Å². The summed E-state index contributed by atoms with van der Waals surface area (Å²) in [6.07, 6.45) is 12.4. The molecule has 0 aliphatic carbocycles. The molecule has 14 nitrogen and oxygen atoms in total. The molecule has 0 radical (unpaired) electrons. The van der Waals surface area contributed by atoms with Gasteiger partial charge in [0, 0.05) is 80.3 Å². The standard InChI is InChI=1S/2C22H26O4.C22H26O3.C21H24O3/c1-4-24-16-6-7-17(19(23)12-16)15-11-14-5-8-20-18(21(14)25-13-15)9-10-22(2,3)26-20;1-4-24-20-12-16(23)6-7-17(20)15-11-14-5-8-19-18(21(14)25-13-15)9-10-22(2,3)26-19;1-4-14-5-7-17(19(23)11-14)16-12-15-6-8-20-18(21(15)24-13-16)9-10-22(2,3)25-20;1-13-4-6-16(18(22)10-13)15-11-14-5-7-19-17(20(14)23-12-15)8-9-21(2,3)24-19/h2*5-8,12,15,23H,4,9-11,13H2,1-3H3;5-8,11,16,23H,4,9-10,12-13H2,1-3H3;4-7,10,15,22H,8-9,11-12H2,1-3H3. The maximum absolute atomic E-state index is 10.4. The summed E-state index contributed by atoms with van der Waals surface area (Å²) in [6, 6.07) is 39.6. The first-order chi connectivity index (χ1) is 48.3. The molecular formula is C87H102O14. The molecule has 0 bridgehead atoms. The van der Waals surface area contributed by atoms with Gasteiger partial charge in [-0.3, -0.25) is 0 Å². The lowest BCUT2D eigenvalue weighted by Crippen LogP contribution is -2.33. The Morgan fingerprint density at radius 2 is 0.723 bits per heavy atom. The number of ether oxygens (including phenoxy) is 10. The van der Waals surface area contributed by atoms with Crippen molar-refractivity contribution in [1.29, 1.82) is 0 Å². The number of hydrogen-bond acceptors (Lipinski definition) is 14. The fraction of sp³-hybridized carbons (Fsp3) is 0.448. The molecule has 8 aliphatic heterocycles. The monoisotopic (exact) mass is 1370 g/mol. The van der Waals surface area contributed by atoms with Crippen LogP contribution in [0.15, 0.2) is 121 Å². The maximum Gasteiger partial charge on any atom is 0.129 e. The van der Waals surface area contributed by atoms with E-state index in [1.165, 1.54) is 44.5 Å². The quantitative estimate of drug-likeness (QED) is 0.107. The largest absolute Gasteiger partial charge is 0.508 e. The van der Waals surface area contributed by atoms with E-state index in [4.69, 9.17) is 47.4 Å². The van der Waals surface area contributed by atoms with Crippen molar-refractivity contribution in [2.45, 2.75) is 213 Å². The number of rotatable bonds is 9. The molecular weight excluding hydrogens is 1270 g/mol. The van der Waals surface area contributed by atoms with Crippen LogP contribution < -0.4 is 47.4 Å². The molecule has 8 aliphatic rings. The van der Waals surface area contributed by atoms with Crippen molar-refractivity contribution in [1.82, 2.24) is 0 Å². The fourth-order valence-electron chi connectivity index (χ4n) is 15.7. The van der Waals surface area contributed by atoms with Crippen molar-refractivity contribution in [2.75, 3.05) is 39.6 Å². The van der Waals surface area contributed by atoms with E-state index in [9.17, 15) is 20.4 Å². The van der Waals surface area contributed by atoms with Crippen molar-refractivity contribution < 1.29 is 67.8 Å². The number of aromatic hydroxyl groups is 4. The van der Waals surface area contributed by atoms with Crippen LogP contribution >= 0.6 is 0 Å². The summed E-state index contributed by atoms with van der Waals surface area (Å²) in [4.78, 5) is 0. The van der Waals surface area contributed by atoms with Crippen molar-refractivity contribution in [3.8, 4) is 80.5 Å². The minimum absolute atomic E-state index is 0.105. The Hall–Kier alpha value is -9.04. The molecule has 0 aromatic heterocycles. The van der Waals surface area contributed by atoms with E-state index in [0.29, 0.717) is 56.9 Å². The normalized spacial score (nSPS) is 20.7. The van der Waals surface area contributed by atoms with Gasteiger partial charge in [-0.2, -0.15) is 0 Å². The third kappa shape index (κ3) is 15.6. The molecule has 14 heteroatoms. The highest BCUT2D eigenvalue weighted by atomic mass is 16.5. The summed E-state index contributed by atoms with van der Waals surface area (Å²) < 4.78 is 60.4. The summed E-state index contributed by atoms with van der Waals surface area (Å²) in [6.45, 7) is 28.6. The average Bonchev–Trinajstić information content (AvgIpc) is 0.784. The van der Waals surface area contributed by atoms with Gasteiger partial charge in [0.1, 0.15) is 103 Å². The number of hydrogen-bond donors (Lipinski definition) is 4. The van der Waals surface area contributed by atoms with Gasteiger partial charge < -0.3 is 67.8 Å². The second kappa shape index (κ2) is 28.8. The lowest BCUT2D eigenvalue weighted by atomic mass is 9.86. The zero-order valence-corrected chi connectivity index (χ0v) is 61.2. The van der Waals surface area contributed by atoms with Crippen LogP contribution in [-0.4, -0.2) is 82.5 Å². The second-order valence-corrected chi connectivity index (χ2v) is 31.0. The minimum Gasteiger partial charge on any atom is -0.508 e. The lowest BCUT2D eigenvalue weighted by Gasteiger charge is -2.36. The highest BCUT2D eigenvalue weighted by molar-refractivity contribution is 5.58. The zero-order valence-electron chi connectivity index (χ0n) is 61.2. The first kappa shape index (κ1) is 70.4. The maximum atomic E-state index is 10.4. The lowest BCUT2D eigenvalue weighted by molar-refractivity contribution is 0.0822. The predicted octanol–water partition coefficient (Wildman–Crippen LogP) is 18.5. The van der Waals surface area contributed by atoms with E-state index < -0.39 is 0 Å². The van der Waals surface area contributed by atoms with E-state index >= 15 is 0 Å². The summed E-state index contributed by atoms with van der Waals surface area (Å²) in [5.41, 5.74) is 15.4. The van der Waals surface area contributed by atoms with Gasteiger partial charge in [0.15, 0.2) is 0 Å². The summed E-state index contributed by atoms with van der Waals surface area (Å²) in [7, 11) is 0. The van der Waals surface area contributed by atoms with Crippen LogP contribution in [0.5, 0.6) is 80.5 Å². The Morgan fingerprint density at radius 3 is 1.08 bits per heavy atom. The Labute approximate surface area is 596 Å². The average molecular weight is 1370 g/mol. The molecule has 4 unspecified atom stereocenters. The Morgan fingerprint density at radius 1 is 0.376 bits per heavy atom. The minimum atomic E-state index is -0.119. The van der Waals surface area contributed by atoms with Gasteiger partial charge in [-0.1, -0.05) is 67.6 Å². The molecule has 0 fully saturated rings. The van der Waals surface area contributed by atoms with Crippen molar-refractivity contribution in [2.24, 2.45) is 0 Å². The SMILES string of the molecule is CCOc1cc(O)ccc1C1COc2c(ccc3c2CCC(C)(C)O3)C1.CCOc1ccc(C2COc3c(ccc4c3CCC(C)(C)O4)C2)c(O)c1.CCc1ccc(C2COc3c(ccc4c3CCC(C)(C)O4)C2)c(O)c1.Cc1ccc(C2COc3c(ccc4c3CCC(C)(C)O4)C2)c(O)c1. The van der Waals surface area contributed by atoms with E-state index in [-0.39, 0.29) is 57.6 Å². The van der Waals surface area contributed by atoms with Gasteiger partial charge in [-0.05, 0) is 242 Å². The Bertz CT molecular complexity index is 4350. The van der Waals surface area contributed by atoms with Gasteiger partial charge in [-0.15, -0.1) is 0 Å². The van der Waals surface area contributed by atoms with Gasteiger partial charge >= 0.3 is 0 Å². The number of phenols is 4. The molecule has 4 N–H and O–H groups in total. The number of benzene rings is 8. The third-order valence-corrected chi connectivity index (χ3v) is 21.3. The van der Waals surface area contributed by atoms with Crippen LogP contribution in [0.2, 0.25) is 0 Å². The Kier molecular flexibility index (Phi) is 20.1. The van der Waals surface area contributed by atoms with Crippen molar-refractivity contribution >= 4 is 0 Å². The number of phenolic OH excluding ortho intramolecular Hbond substituents is 4. The fourth-order valence-corrected chi connectivity index (χ4v) is 15.7. The molecule has 4 atom stereocenters. The molecule has 16 rings (SSSR count). The van der Waals surface area contributed by atoms with Gasteiger partial charge in [-0.25, -0.2) is 0 Å². The van der Waals surface area contributed by atoms with Crippen LogP contribution in [-0.2, 0) is 57.8 Å². The molecule has 0 amide bonds. The topological polar surface area (TPSA) is 173 Å². The van der Waals surface area contributed by atoms with Crippen molar-refractivity contribution in [3.05, 3.63) is 199 Å². The van der Waals surface area contributed by atoms with Gasteiger partial charge in [0.05, 0.1) is 39.6 Å². The second-order valence-electron chi connectivity index (χ2n) is 31.0. The molecule has 0 saturated carbocycles. The molecule has 0 saturated heterocycles. The summed E-state index contributed by atoms with van der Waals surface area (Å²) in [5.74, 6) is 11.3. The molecule has 101 heavy (non-hydrogen) atoms. The predicted molar refractivity (Wildman–Crippen MR) is 395 cm³/mol. The molecule has 0 spiro atoms. The van der Waals surface area contributed by atoms with Gasteiger partial charge in [0.25, 0.3) is 0 Å². The number of fused-ring (bicyclic) bond motifs is 12. The number of aryl methyl sites for hydroxylation is 2. The van der Waals surface area contributed by atoms with Crippen molar-refractivity contribution in [3.63, 3.8) is 0 Å². The van der Waals surface area contributed by atoms with Crippen LogP contribution in [0.1, 0.15) is 203 Å². The van der Waals surface area contributed by atoms with E-state index in [0.717, 1.165) is 169 Å². The van der Waals surface area contributed by atoms with Crippen LogP contribution in [0.4, 0.5) is 0 Å². The molecule has 8 aromatic carbocycles. The smallest absolute Gasteiger partial charge is 0.129 e. The van der Waals surface area contributed by atoms with E-state index in [2.05, 4.69) is 123 Å². The highest BCUT2D eigenvalue weighted by Gasteiger charge is 2.38. The van der Waals surface area contributed by atoms with Crippen LogP contribution in [0.25, 0.3) is 0 Å². The van der Waals surface area contributed by atoms with E-state index in [1.807, 2.05) is 63.2 Å². The Balaban J connectivity index is 0.000000120. The first-order valence-corrected chi connectivity index (χ1v) is 36.7. The molecule has 8 heterocycles.